The van der Waals surface area contributed by atoms with Crippen LogP contribution >= 0.6 is 11.6 Å². The maximum Gasteiger partial charge on any atom is 0.288 e. The van der Waals surface area contributed by atoms with Crippen molar-refractivity contribution < 1.29 is 10.0 Å². The normalized spacial score (nSPS) is 14.6. The lowest BCUT2D eigenvalue weighted by atomic mass is 10.1. The Labute approximate surface area is 110 Å². The van der Waals surface area contributed by atoms with E-state index in [0.717, 1.165) is 24.1 Å². The van der Waals surface area contributed by atoms with Gasteiger partial charge >= 0.3 is 0 Å². The minimum atomic E-state index is -0.480. The monoisotopic (exact) mass is 270 g/mol. The predicted molar refractivity (Wildman–Crippen MR) is 70.3 cm³/mol. The Morgan fingerprint density at radius 1 is 1.56 bits per heavy atom. The summed E-state index contributed by atoms with van der Waals surface area (Å²) in [5.41, 5.74) is 1.62. The Hall–Kier alpha value is -1.33. The Morgan fingerprint density at radius 2 is 2.22 bits per heavy atom. The van der Waals surface area contributed by atoms with Crippen molar-refractivity contribution in [3.8, 4) is 0 Å². The van der Waals surface area contributed by atoms with Gasteiger partial charge in [0.05, 0.1) is 11.5 Å². The third kappa shape index (κ3) is 2.57. The van der Waals surface area contributed by atoms with E-state index in [1.54, 1.807) is 6.07 Å². The molecule has 6 heteroatoms. The predicted octanol–water partition coefficient (Wildman–Crippen LogP) is 2.52. The van der Waals surface area contributed by atoms with Crippen molar-refractivity contribution in [3.05, 3.63) is 32.8 Å². The first-order valence-corrected chi connectivity index (χ1v) is 6.24. The van der Waals surface area contributed by atoms with Crippen molar-refractivity contribution in [2.24, 2.45) is 0 Å². The van der Waals surface area contributed by atoms with E-state index in [4.69, 9.17) is 16.7 Å². The van der Waals surface area contributed by atoms with Gasteiger partial charge in [-0.05, 0) is 31.4 Å². The second kappa shape index (κ2) is 5.12. The van der Waals surface area contributed by atoms with Crippen LogP contribution in [-0.4, -0.2) is 29.2 Å². The molecule has 0 aliphatic heterocycles. The smallest absolute Gasteiger partial charge is 0.288 e. The Kier molecular flexibility index (Phi) is 3.73. The Morgan fingerprint density at radius 3 is 2.72 bits per heavy atom. The van der Waals surface area contributed by atoms with Gasteiger partial charge in [-0.3, -0.25) is 10.1 Å². The fourth-order valence-corrected chi connectivity index (χ4v) is 2.33. The molecule has 1 fully saturated rings. The Balaban J connectivity index is 2.37. The number of anilines is 1. The molecule has 98 valence electrons. The Bertz CT molecular complexity index is 475. The van der Waals surface area contributed by atoms with Crippen molar-refractivity contribution in [2.75, 3.05) is 18.1 Å². The van der Waals surface area contributed by atoms with E-state index >= 15 is 0 Å². The molecule has 0 heterocycles. The fraction of sp³-hybridized carbons (Fsp3) is 0.500. The molecule has 1 aliphatic rings. The quantitative estimate of drug-likeness (QED) is 0.659. The first-order chi connectivity index (χ1) is 8.54. The van der Waals surface area contributed by atoms with E-state index in [9.17, 15) is 10.1 Å². The summed E-state index contributed by atoms with van der Waals surface area (Å²) < 4.78 is 0. The van der Waals surface area contributed by atoms with Crippen LogP contribution in [0, 0.1) is 17.0 Å². The van der Waals surface area contributed by atoms with E-state index in [2.05, 4.69) is 4.90 Å². The van der Waals surface area contributed by atoms with Gasteiger partial charge in [0.2, 0.25) is 0 Å². The fourth-order valence-electron chi connectivity index (χ4n) is 2.10. The summed E-state index contributed by atoms with van der Waals surface area (Å²) in [5.74, 6) is 0. The number of hydrogen-bond acceptors (Lipinski definition) is 4. The van der Waals surface area contributed by atoms with E-state index in [1.165, 1.54) is 6.07 Å². The summed E-state index contributed by atoms with van der Waals surface area (Å²) in [6.07, 6.45) is 2.18. The highest BCUT2D eigenvalue weighted by atomic mass is 35.5. The summed E-state index contributed by atoms with van der Waals surface area (Å²) >= 11 is 5.93. The number of aliphatic hydroxyl groups excluding tert-OH is 1. The highest BCUT2D eigenvalue weighted by molar-refractivity contribution is 6.33. The molecule has 0 saturated heterocycles. The number of rotatable bonds is 5. The lowest BCUT2D eigenvalue weighted by Crippen LogP contribution is -2.29. The molecular formula is C12H15ClN2O3. The van der Waals surface area contributed by atoms with Gasteiger partial charge in [-0.1, -0.05) is 11.6 Å². The molecule has 1 aromatic rings. The second-order valence-corrected chi connectivity index (χ2v) is 4.90. The van der Waals surface area contributed by atoms with Crippen LogP contribution in [0.2, 0.25) is 5.02 Å². The van der Waals surface area contributed by atoms with Crippen molar-refractivity contribution >= 4 is 23.0 Å². The second-order valence-electron chi connectivity index (χ2n) is 4.50. The van der Waals surface area contributed by atoms with E-state index < -0.39 is 4.92 Å². The maximum atomic E-state index is 10.8. The molecule has 0 amide bonds. The van der Waals surface area contributed by atoms with Gasteiger partial charge < -0.3 is 10.0 Å². The number of halogens is 1. The zero-order valence-corrected chi connectivity index (χ0v) is 10.9. The first kappa shape index (κ1) is 13.1. The van der Waals surface area contributed by atoms with Gasteiger partial charge in [0.15, 0.2) is 0 Å². The number of aryl methyl sites for hydroxylation is 1. The summed E-state index contributed by atoms with van der Waals surface area (Å²) in [6.45, 7) is 2.41. The minimum absolute atomic E-state index is 0.0601. The molecule has 0 unspecified atom stereocenters. The van der Waals surface area contributed by atoms with Crippen LogP contribution in [0.1, 0.15) is 18.4 Å². The minimum Gasteiger partial charge on any atom is -0.395 e. The first-order valence-electron chi connectivity index (χ1n) is 5.86. The summed E-state index contributed by atoms with van der Waals surface area (Å²) in [7, 11) is 0. The SMILES string of the molecule is Cc1cc([N+](=O)[O-])c(Cl)cc1N(CCO)C1CC1. The third-order valence-corrected chi connectivity index (χ3v) is 3.40. The number of benzene rings is 1. The van der Waals surface area contributed by atoms with Gasteiger partial charge in [-0.15, -0.1) is 0 Å². The molecule has 0 radical (unpaired) electrons. The molecule has 0 atom stereocenters. The van der Waals surface area contributed by atoms with Gasteiger partial charge in [0.25, 0.3) is 5.69 Å². The lowest BCUT2D eigenvalue weighted by Gasteiger charge is -2.25. The van der Waals surface area contributed by atoms with Crippen LogP contribution in [0.3, 0.4) is 0 Å². The summed E-state index contributed by atoms with van der Waals surface area (Å²) in [4.78, 5) is 12.4. The number of aliphatic hydroxyl groups is 1. The van der Waals surface area contributed by atoms with Gasteiger partial charge in [0.1, 0.15) is 5.02 Å². The average Bonchev–Trinajstić information content (AvgIpc) is 3.12. The van der Waals surface area contributed by atoms with Gasteiger partial charge in [0, 0.05) is 24.3 Å². The van der Waals surface area contributed by atoms with Crippen LogP contribution in [-0.2, 0) is 0 Å². The van der Waals surface area contributed by atoms with Crippen LogP contribution in [0.15, 0.2) is 12.1 Å². The zero-order chi connectivity index (χ0) is 13.3. The molecule has 18 heavy (non-hydrogen) atoms. The molecule has 0 spiro atoms. The van der Waals surface area contributed by atoms with Crippen molar-refractivity contribution in [1.82, 2.24) is 0 Å². The number of hydrogen-bond donors (Lipinski definition) is 1. The topological polar surface area (TPSA) is 66.6 Å². The molecule has 0 aromatic heterocycles. The molecular weight excluding hydrogens is 256 g/mol. The zero-order valence-electron chi connectivity index (χ0n) is 10.1. The van der Waals surface area contributed by atoms with Crippen LogP contribution < -0.4 is 4.90 Å². The summed E-state index contributed by atoms with van der Waals surface area (Å²) in [6, 6.07) is 3.54. The van der Waals surface area contributed by atoms with E-state index in [-0.39, 0.29) is 17.3 Å². The maximum absolute atomic E-state index is 10.8. The van der Waals surface area contributed by atoms with E-state index in [1.807, 2.05) is 6.92 Å². The van der Waals surface area contributed by atoms with Crippen LogP contribution in [0.5, 0.6) is 0 Å². The molecule has 2 rings (SSSR count). The summed E-state index contributed by atoms with van der Waals surface area (Å²) in [5, 5.41) is 20.0. The van der Waals surface area contributed by atoms with Gasteiger partial charge in [-0.2, -0.15) is 0 Å². The van der Waals surface area contributed by atoms with Crippen molar-refractivity contribution in [2.45, 2.75) is 25.8 Å². The molecule has 1 aliphatic carbocycles. The molecule has 1 aromatic carbocycles. The molecule has 1 N–H and O–H groups in total. The van der Waals surface area contributed by atoms with E-state index in [0.29, 0.717) is 12.6 Å². The number of nitro benzene ring substituents is 1. The lowest BCUT2D eigenvalue weighted by molar-refractivity contribution is -0.384. The molecule has 1 saturated carbocycles. The number of nitrogens with zero attached hydrogens (tertiary/aromatic N) is 2. The highest BCUT2D eigenvalue weighted by Gasteiger charge is 2.30. The van der Waals surface area contributed by atoms with Crippen molar-refractivity contribution in [3.63, 3.8) is 0 Å². The van der Waals surface area contributed by atoms with Gasteiger partial charge in [-0.25, -0.2) is 0 Å². The number of nitro groups is 1. The molecule has 5 nitrogen and oxygen atoms in total. The van der Waals surface area contributed by atoms with Crippen molar-refractivity contribution in [1.29, 1.82) is 0 Å². The van der Waals surface area contributed by atoms with Crippen LogP contribution in [0.4, 0.5) is 11.4 Å². The standard InChI is InChI=1S/C12H15ClN2O3/c1-8-6-12(15(17)18)10(13)7-11(8)14(4-5-16)9-2-3-9/h6-7,9,16H,2-5H2,1H3. The average molecular weight is 271 g/mol. The molecule has 0 bridgehead atoms. The highest BCUT2D eigenvalue weighted by Crippen LogP contribution is 2.37. The third-order valence-electron chi connectivity index (χ3n) is 3.10. The largest absolute Gasteiger partial charge is 0.395 e. The van der Waals surface area contributed by atoms with Crippen LogP contribution in [0.25, 0.3) is 0 Å².